The normalized spacial score (nSPS) is 10.5. The van der Waals surface area contributed by atoms with Gasteiger partial charge in [0.25, 0.3) is 11.1 Å². The quantitative estimate of drug-likeness (QED) is 0.0373. The first-order valence-electron chi connectivity index (χ1n) is 18.0. The van der Waals surface area contributed by atoms with Crippen LogP contribution in [0.5, 0.6) is 0 Å². The summed E-state index contributed by atoms with van der Waals surface area (Å²) in [4.78, 5) is 57.8. The number of amides is 2. The number of fused-ring (bicyclic) bond motifs is 2. The van der Waals surface area contributed by atoms with E-state index in [0.717, 1.165) is 47.6 Å². The van der Waals surface area contributed by atoms with E-state index in [1.807, 2.05) is 101 Å². The number of H-pyrrole nitrogens is 2. The number of pyridine rings is 2. The van der Waals surface area contributed by atoms with E-state index in [-0.39, 0.29) is 43.5 Å². The highest BCUT2D eigenvalue weighted by atomic mass is 127. The first kappa shape index (κ1) is 43.3. The number of aliphatic hydroxyl groups is 2. The number of anilines is 1. The van der Waals surface area contributed by atoms with Crippen LogP contribution in [0.4, 0.5) is 16.2 Å². The molecule has 0 aliphatic rings. The Morgan fingerprint density at radius 2 is 1.34 bits per heavy atom. The van der Waals surface area contributed by atoms with Gasteiger partial charge in [0.15, 0.2) is 0 Å². The van der Waals surface area contributed by atoms with Crippen molar-refractivity contribution >= 4 is 67.9 Å². The van der Waals surface area contributed by atoms with Crippen molar-refractivity contribution in [3.05, 3.63) is 148 Å². The number of para-hydroxylation sites is 2. The number of aromatic nitrogens is 2. The number of carbonyl (C=O) groups excluding carboxylic acids is 2. The summed E-state index contributed by atoms with van der Waals surface area (Å²) < 4.78 is 0.962. The van der Waals surface area contributed by atoms with Gasteiger partial charge in [0, 0.05) is 40.0 Å². The lowest BCUT2D eigenvalue weighted by Crippen LogP contribution is -2.38. The van der Waals surface area contributed by atoms with Gasteiger partial charge in [-0.1, -0.05) is 53.6 Å². The molecule has 0 saturated heterocycles. The Balaban J connectivity index is 0.000000211. The number of aryl methyl sites for hydroxylation is 5. The maximum Gasteiger partial charge on any atom is 0.322 e. The summed E-state index contributed by atoms with van der Waals surface area (Å²) >= 11 is 2.11. The fraction of sp³-hybridized carbons (Fsp3) is 0.256. The number of aromatic amines is 2. The van der Waals surface area contributed by atoms with Crippen LogP contribution in [0.2, 0.25) is 0 Å². The summed E-state index contributed by atoms with van der Waals surface area (Å²) in [5, 5.41) is 25.9. The number of benzene rings is 4. The van der Waals surface area contributed by atoms with Gasteiger partial charge in [0.2, 0.25) is 6.08 Å². The molecule has 2 amide bonds. The Kier molecular flexibility index (Phi) is 16.3. The molecule has 56 heavy (non-hydrogen) atoms. The third-order valence-corrected chi connectivity index (χ3v) is 9.68. The molecule has 13 heteroatoms. The lowest BCUT2D eigenvalue weighted by Gasteiger charge is -2.23. The van der Waals surface area contributed by atoms with Gasteiger partial charge in [-0.2, -0.15) is 4.99 Å². The smallest absolute Gasteiger partial charge is 0.322 e. The van der Waals surface area contributed by atoms with E-state index in [1.54, 1.807) is 6.07 Å². The predicted octanol–water partition coefficient (Wildman–Crippen LogP) is 6.97. The lowest BCUT2D eigenvalue weighted by molar-refractivity contribution is 0.185. The molecule has 0 spiro atoms. The maximum atomic E-state index is 12.7. The van der Waals surface area contributed by atoms with Crippen molar-refractivity contribution in [2.45, 2.75) is 47.7 Å². The molecule has 0 atom stereocenters. The van der Waals surface area contributed by atoms with Crippen molar-refractivity contribution in [2.75, 3.05) is 31.6 Å². The first-order valence-corrected chi connectivity index (χ1v) is 19.1. The molecule has 0 aliphatic carbocycles. The number of aliphatic imine (C=N–C) groups is 1. The molecule has 6 rings (SSSR count). The van der Waals surface area contributed by atoms with Gasteiger partial charge in [-0.15, -0.1) is 0 Å². The second kappa shape index (κ2) is 21.0. The summed E-state index contributed by atoms with van der Waals surface area (Å²) in [6, 6.07) is 26.4. The van der Waals surface area contributed by atoms with Crippen LogP contribution in [0.15, 0.2) is 99.5 Å². The number of nitrogens with one attached hydrogen (secondary N) is 4. The molecule has 0 aliphatic heterocycles. The Labute approximate surface area is 338 Å². The molecule has 0 fully saturated rings. The highest BCUT2D eigenvalue weighted by Crippen LogP contribution is 2.21. The molecule has 4 aromatic carbocycles. The van der Waals surface area contributed by atoms with Crippen LogP contribution >= 0.6 is 22.6 Å². The van der Waals surface area contributed by atoms with Crippen molar-refractivity contribution in [3.8, 4) is 0 Å². The summed E-state index contributed by atoms with van der Waals surface area (Å²) in [7, 11) is 0. The highest BCUT2D eigenvalue weighted by Gasteiger charge is 2.17. The minimum absolute atomic E-state index is 0.0695. The monoisotopic (exact) mass is 870 g/mol. The van der Waals surface area contributed by atoms with Crippen molar-refractivity contribution in [3.63, 3.8) is 0 Å². The number of hydrogen-bond acceptors (Lipinski definition) is 8. The summed E-state index contributed by atoms with van der Waals surface area (Å²) in [5.74, 6) is 0. The zero-order valence-corrected chi connectivity index (χ0v) is 34.3. The van der Waals surface area contributed by atoms with Crippen molar-refractivity contribution < 1.29 is 19.8 Å². The molecule has 12 nitrogen and oxygen atoms in total. The molecule has 2 aromatic heterocycles. The van der Waals surface area contributed by atoms with Crippen LogP contribution in [0.3, 0.4) is 0 Å². The minimum Gasteiger partial charge on any atom is -0.395 e. The molecule has 0 bridgehead atoms. The number of carbonyl (C=O) groups is 1. The first-order chi connectivity index (χ1) is 26.8. The minimum atomic E-state index is -0.358. The lowest BCUT2D eigenvalue weighted by atomic mass is 10.1. The van der Waals surface area contributed by atoms with Gasteiger partial charge in [-0.05, 0) is 127 Å². The molecular weight excluding hydrogens is 823 g/mol. The molecule has 0 unspecified atom stereocenters. The van der Waals surface area contributed by atoms with Crippen LogP contribution < -0.4 is 21.8 Å². The average molecular weight is 871 g/mol. The number of halogens is 1. The summed E-state index contributed by atoms with van der Waals surface area (Å²) in [6.07, 6.45) is 1.50. The maximum absolute atomic E-state index is 12.7. The van der Waals surface area contributed by atoms with Crippen LogP contribution in [0, 0.1) is 38.2 Å². The molecular formula is C43H47IN6O6. The van der Waals surface area contributed by atoms with E-state index >= 15 is 0 Å². The summed E-state index contributed by atoms with van der Waals surface area (Å²) in [5.41, 5.74) is 9.27. The number of isocyanates is 1. The highest BCUT2D eigenvalue weighted by molar-refractivity contribution is 14.1. The van der Waals surface area contributed by atoms with Gasteiger partial charge in [0.1, 0.15) is 0 Å². The van der Waals surface area contributed by atoms with Crippen molar-refractivity contribution in [1.82, 2.24) is 20.2 Å². The second-order valence-electron chi connectivity index (χ2n) is 13.3. The molecule has 6 aromatic rings. The van der Waals surface area contributed by atoms with Crippen molar-refractivity contribution in [1.29, 1.82) is 0 Å². The zero-order valence-electron chi connectivity index (χ0n) is 32.1. The standard InChI is InChI=1S/C22H25N3O3.C14H18N2O2.C7H4INO/c1-14-10-16(3)20-17(11-14)12-18(21(27)24-20)13-25(8-9-26)22(28)23-19-7-5-4-6-15(19)2;1-9-5-10(2)13-11(6-9)7-12(14(18)16-13)8-15-3-4-17;8-6-3-1-2-4-7(6)9-5-10/h4-7,10-12,26H,8-9,13H2,1-3H3,(H,23,28)(H,24,27);5-7,15,17H,3-4,8H2,1-2H3,(H,16,18);1-4H. The van der Waals surface area contributed by atoms with E-state index in [2.05, 4.69) is 60.3 Å². The molecule has 292 valence electrons. The van der Waals surface area contributed by atoms with Gasteiger partial charge >= 0.3 is 6.03 Å². The number of rotatable bonds is 10. The third-order valence-electron chi connectivity index (χ3n) is 8.77. The predicted molar refractivity (Wildman–Crippen MR) is 232 cm³/mol. The number of nitrogens with zero attached hydrogens (tertiary/aromatic N) is 2. The SMILES string of the molecule is Cc1cc(C)c2[nH]c(=O)c(CN(CCO)C(=O)Nc3ccccc3C)cc2c1.Cc1cc(C)c2[nH]c(=O)c(CNCCO)cc2c1.O=C=Nc1ccccc1I. The molecule has 0 saturated carbocycles. The van der Waals surface area contributed by atoms with Crippen LogP contribution in [-0.4, -0.2) is 63.5 Å². The molecule has 6 N–H and O–H groups in total. The second-order valence-corrected chi connectivity index (χ2v) is 14.4. The largest absolute Gasteiger partial charge is 0.395 e. The molecule has 2 heterocycles. The van der Waals surface area contributed by atoms with Gasteiger partial charge in [-0.3, -0.25) is 9.59 Å². The van der Waals surface area contributed by atoms with Crippen LogP contribution in [-0.2, 0) is 17.9 Å². The summed E-state index contributed by atoms with van der Waals surface area (Å²) in [6.45, 7) is 11.0. The van der Waals surface area contributed by atoms with E-state index in [9.17, 15) is 24.3 Å². The Morgan fingerprint density at radius 1 is 0.768 bits per heavy atom. The number of hydrogen-bond donors (Lipinski definition) is 6. The number of aliphatic hydroxyl groups excluding tert-OH is 2. The van der Waals surface area contributed by atoms with Crippen LogP contribution in [0.25, 0.3) is 21.8 Å². The fourth-order valence-electron chi connectivity index (χ4n) is 6.09. The molecule has 0 radical (unpaired) electrons. The number of urea groups is 1. The van der Waals surface area contributed by atoms with Gasteiger partial charge in [-0.25, -0.2) is 9.59 Å². The Hall–Kier alpha value is -5.44. The van der Waals surface area contributed by atoms with E-state index in [1.165, 1.54) is 16.5 Å². The van der Waals surface area contributed by atoms with Gasteiger partial charge < -0.3 is 35.7 Å². The van der Waals surface area contributed by atoms with E-state index in [0.29, 0.717) is 35.6 Å². The van der Waals surface area contributed by atoms with Crippen LogP contribution in [0.1, 0.15) is 38.9 Å². The Morgan fingerprint density at radius 3 is 1.91 bits per heavy atom. The van der Waals surface area contributed by atoms with Gasteiger partial charge in [0.05, 0.1) is 36.5 Å². The van der Waals surface area contributed by atoms with E-state index < -0.39 is 0 Å². The fourth-order valence-corrected chi connectivity index (χ4v) is 6.60. The zero-order chi connectivity index (χ0) is 40.8. The Bertz CT molecular complexity index is 2470. The van der Waals surface area contributed by atoms with Crippen molar-refractivity contribution in [2.24, 2.45) is 4.99 Å². The van der Waals surface area contributed by atoms with E-state index in [4.69, 9.17) is 5.11 Å². The topological polar surface area (TPSA) is 180 Å². The average Bonchev–Trinajstić information content (AvgIpc) is 3.15. The third kappa shape index (κ3) is 12.0.